The third-order valence-electron chi connectivity index (χ3n) is 5.45. The summed E-state index contributed by atoms with van der Waals surface area (Å²) >= 11 is 0. The smallest absolute Gasteiger partial charge is 0.201 e. The van der Waals surface area contributed by atoms with E-state index in [0.29, 0.717) is 11.3 Å². The largest absolute Gasteiger partial charge is 0.213 e. The second-order valence-electron chi connectivity index (χ2n) is 7.73. The Balaban J connectivity index is 2.13. The summed E-state index contributed by atoms with van der Waals surface area (Å²) in [6.07, 6.45) is 1.46. The number of benzene rings is 3. The van der Waals surface area contributed by atoms with Gasteiger partial charge in [0.1, 0.15) is 7.05 Å². The van der Waals surface area contributed by atoms with Crippen molar-refractivity contribution in [1.29, 1.82) is 0 Å². The van der Waals surface area contributed by atoms with Crippen LogP contribution in [-0.4, -0.2) is 0 Å². The van der Waals surface area contributed by atoms with Crippen molar-refractivity contribution in [2.24, 2.45) is 7.05 Å². The molecule has 4 aromatic rings. The van der Waals surface area contributed by atoms with Gasteiger partial charge in [0.2, 0.25) is 5.69 Å². The molecule has 0 unspecified atom stereocenters. The molecule has 0 fully saturated rings. The van der Waals surface area contributed by atoms with Crippen LogP contribution >= 0.6 is 0 Å². The summed E-state index contributed by atoms with van der Waals surface area (Å²) in [6.45, 7) is -4.40. The Bertz CT molecular complexity index is 1490. The predicted molar refractivity (Wildman–Crippen MR) is 128 cm³/mol. The first-order valence-electron chi connectivity index (χ1n) is 14.3. The zero-order chi connectivity index (χ0) is 28.9. The van der Waals surface area contributed by atoms with E-state index in [4.69, 9.17) is 12.3 Å². The summed E-state index contributed by atoms with van der Waals surface area (Å²) in [6, 6.07) is 20.3. The van der Waals surface area contributed by atoms with Crippen molar-refractivity contribution in [2.75, 3.05) is 0 Å². The SMILES string of the molecule is [2H]C([2H])([2H])c1c[n+](C)c(-c2cc(-c3ccccc3)ccc2C)cc1-c1c(C([2H])([2H])[2H])cc(C)cc1C([2H])([2H])[2H]. The van der Waals surface area contributed by atoms with E-state index in [1.165, 1.54) is 18.3 Å². The van der Waals surface area contributed by atoms with Crippen LogP contribution in [0.2, 0.25) is 0 Å². The quantitative estimate of drug-likeness (QED) is 0.324. The Labute approximate surface area is 193 Å². The molecule has 0 radical (unpaired) electrons. The Morgan fingerprint density at radius 2 is 1.37 bits per heavy atom. The summed E-state index contributed by atoms with van der Waals surface area (Å²) in [5.41, 5.74) is 4.31. The lowest BCUT2D eigenvalue weighted by Crippen LogP contribution is -2.31. The number of pyridine rings is 1. The van der Waals surface area contributed by atoms with Crippen molar-refractivity contribution >= 4 is 0 Å². The van der Waals surface area contributed by atoms with Gasteiger partial charge in [0, 0.05) is 29.5 Å². The van der Waals surface area contributed by atoms with Crippen molar-refractivity contribution in [3.8, 4) is 33.5 Å². The fourth-order valence-electron chi connectivity index (χ4n) is 3.91. The van der Waals surface area contributed by atoms with Crippen LogP contribution in [-0.2, 0) is 7.05 Å². The summed E-state index contributed by atoms with van der Waals surface area (Å²) in [7, 11) is 1.73. The fourth-order valence-corrected chi connectivity index (χ4v) is 3.91. The average molecular weight is 402 g/mol. The minimum Gasteiger partial charge on any atom is -0.201 e. The maximum absolute atomic E-state index is 8.26. The van der Waals surface area contributed by atoms with Gasteiger partial charge < -0.3 is 0 Å². The topological polar surface area (TPSA) is 3.88 Å². The van der Waals surface area contributed by atoms with Crippen LogP contribution in [0.25, 0.3) is 33.5 Å². The van der Waals surface area contributed by atoms with Gasteiger partial charge in [-0.2, -0.15) is 0 Å². The van der Waals surface area contributed by atoms with E-state index >= 15 is 0 Å². The van der Waals surface area contributed by atoms with Gasteiger partial charge in [0.25, 0.3) is 0 Å². The van der Waals surface area contributed by atoms with Crippen molar-refractivity contribution in [3.05, 3.63) is 101 Å². The standard InChI is InChI=1S/C29H30N/c1-19-14-21(3)29(22(4)15-19)27-17-28(30(6)18-23(27)5)26-16-25(13-12-20(26)2)24-10-8-7-9-11-24/h7-18H,1-6H3/q+1/i3D3,4D3,5D3. The van der Waals surface area contributed by atoms with Crippen LogP contribution in [0.4, 0.5) is 0 Å². The van der Waals surface area contributed by atoms with Crippen LogP contribution in [0, 0.1) is 34.4 Å². The zero-order valence-corrected chi connectivity index (χ0v) is 17.4. The van der Waals surface area contributed by atoms with Gasteiger partial charge in [-0.1, -0.05) is 60.2 Å². The van der Waals surface area contributed by atoms with Gasteiger partial charge in [-0.15, -0.1) is 0 Å². The first-order chi connectivity index (χ1) is 18.0. The molecule has 1 nitrogen and oxygen atoms in total. The van der Waals surface area contributed by atoms with Crippen LogP contribution in [0.1, 0.15) is 40.2 Å². The summed E-state index contributed by atoms with van der Waals surface area (Å²) in [4.78, 5) is 0. The molecule has 30 heavy (non-hydrogen) atoms. The van der Waals surface area contributed by atoms with E-state index in [2.05, 4.69) is 0 Å². The van der Waals surface area contributed by atoms with Crippen LogP contribution < -0.4 is 4.57 Å². The predicted octanol–water partition coefficient (Wildman–Crippen LogP) is 7.05. The third-order valence-corrected chi connectivity index (χ3v) is 5.45. The number of hydrogen-bond acceptors (Lipinski definition) is 0. The molecule has 0 bridgehead atoms. The minimum atomic E-state index is -2.67. The van der Waals surface area contributed by atoms with Gasteiger partial charge in [0.05, 0.1) is 0 Å². The van der Waals surface area contributed by atoms with E-state index in [1.54, 1.807) is 24.6 Å². The molecule has 1 aromatic heterocycles. The zero-order valence-electron chi connectivity index (χ0n) is 26.4. The lowest BCUT2D eigenvalue weighted by Gasteiger charge is -2.15. The van der Waals surface area contributed by atoms with E-state index < -0.39 is 20.6 Å². The monoisotopic (exact) mass is 401 g/mol. The number of aromatic nitrogens is 1. The Hall–Kier alpha value is -3.19. The van der Waals surface area contributed by atoms with Gasteiger partial charge in [-0.3, -0.25) is 0 Å². The molecule has 0 aliphatic carbocycles. The van der Waals surface area contributed by atoms with Crippen molar-refractivity contribution < 1.29 is 16.9 Å². The Morgan fingerprint density at radius 1 is 0.667 bits per heavy atom. The molecule has 3 aromatic carbocycles. The second-order valence-corrected chi connectivity index (χ2v) is 7.73. The summed E-state index contributed by atoms with van der Waals surface area (Å²) in [5.74, 6) is 0. The van der Waals surface area contributed by atoms with E-state index in [0.717, 1.165) is 22.3 Å². The molecule has 0 aliphatic rings. The molecule has 0 aliphatic heterocycles. The Morgan fingerprint density at radius 3 is 2.03 bits per heavy atom. The maximum Gasteiger partial charge on any atom is 0.213 e. The van der Waals surface area contributed by atoms with E-state index in [1.807, 2.05) is 55.5 Å². The van der Waals surface area contributed by atoms with Crippen molar-refractivity contribution in [3.63, 3.8) is 0 Å². The molecule has 0 spiro atoms. The molecular formula is C29H30N+. The third kappa shape index (κ3) is 3.68. The number of hydrogen-bond donors (Lipinski definition) is 0. The lowest BCUT2D eigenvalue weighted by molar-refractivity contribution is -0.660. The van der Waals surface area contributed by atoms with Gasteiger partial charge in [0.15, 0.2) is 6.20 Å². The van der Waals surface area contributed by atoms with E-state index in [9.17, 15) is 0 Å². The highest BCUT2D eigenvalue weighted by Crippen LogP contribution is 2.34. The molecule has 0 atom stereocenters. The lowest BCUT2D eigenvalue weighted by atomic mass is 9.90. The highest BCUT2D eigenvalue weighted by Gasteiger charge is 2.19. The van der Waals surface area contributed by atoms with Crippen molar-refractivity contribution in [2.45, 2.75) is 34.4 Å². The van der Waals surface area contributed by atoms with Gasteiger partial charge in [-0.25, -0.2) is 4.57 Å². The highest BCUT2D eigenvalue weighted by molar-refractivity contribution is 5.79. The molecule has 0 N–H and O–H groups in total. The molecule has 150 valence electrons. The van der Waals surface area contributed by atoms with Gasteiger partial charge >= 0.3 is 0 Å². The van der Waals surface area contributed by atoms with E-state index in [-0.39, 0.29) is 27.8 Å². The molecular weight excluding hydrogens is 362 g/mol. The molecule has 0 saturated heterocycles. The molecule has 4 rings (SSSR count). The molecule has 1 heteroatoms. The second kappa shape index (κ2) is 7.91. The Kier molecular flexibility index (Phi) is 3.13. The fraction of sp³-hybridized carbons (Fsp3) is 0.207. The van der Waals surface area contributed by atoms with Crippen molar-refractivity contribution in [1.82, 2.24) is 0 Å². The van der Waals surface area contributed by atoms with Crippen LogP contribution in [0.15, 0.2) is 72.9 Å². The average Bonchev–Trinajstić information content (AvgIpc) is 2.83. The first-order valence-corrected chi connectivity index (χ1v) is 9.85. The number of nitrogens with zero attached hydrogens (tertiary/aromatic N) is 1. The molecule has 1 heterocycles. The normalized spacial score (nSPS) is 16.7. The maximum atomic E-state index is 8.26. The van der Waals surface area contributed by atoms with Crippen LogP contribution in [0.3, 0.4) is 0 Å². The molecule has 0 saturated carbocycles. The minimum absolute atomic E-state index is 0.0739. The first kappa shape index (κ1) is 11.9. The highest BCUT2D eigenvalue weighted by atomic mass is 14.9. The summed E-state index contributed by atoms with van der Waals surface area (Å²) in [5, 5.41) is 0. The summed E-state index contributed by atoms with van der Waals surface area (Å²) < 4.78 is 75.7. The molecule has 0 amide bonds. The number of aryl methyl sites for hydroxylation is 6. The number of rotatable bonds is 3. The van der Waals surface area contributed by atoms with Crippen LogP contribution in [0.5, 0.6) is 0 Å². The van der Waals surface area contributed by atoms with Gasteiger partial charge in [-0.05, 0) is 79.4 Å².